The Kier molecular flexibility index (Phi) is 3.37. The number of alkyl halides is 2. The van der Waals surface area contributed by atoms with Gasteiger partial charge in [-0.3, -0.25) is 14.3 Å². The molecule has 1 saturated carbocycles. The van der Waals surface area contributed by atoms with E-state index in [2.05, 4.69) is 4.98 Å². The van der Waals surface area contributed by atoms with E-state index in [9.17, 15) is 13.6 Å². The summed E-state index contributed by atoms with van der Waals surface area (Å²) in [5.74, 6) is -0.750. The van der Waals surface area contributed by atoms with Crippen molar-refractivity contribution in [2.24, 2.45) is 0 Å². The van der Waals surface area contributed by atoms with Gasteiger partial charge >= 0.3 is 12.5 Å². The Hall–Kier alpha value is -1.50. The predicted octanol–water partition coefficient (Wildman–Crippen LogP) is 1.33. The monoisotopic (exact) mass is 245 g/mol. The molecule has 0 amide bonds. The van der Waals surface area contributed by atoms with E-state index in [1.807, 2.05) is 0 Å². The van der Waals surface area contributed by atoms with E-state index in [0.29, 0.717) is 0 Å². The Morgan fingerprint density at radius 2 is 2.35 bits per heavy atom. The van der Waals surface area contributed by atoms with Crippen LogP contribution in [-0.4, -0.2) is 38.1 Å². The number of aromatic nitrogens is 2. The van der Waals surface area contributed by atoms with E-state index in [0.717, 1.165) is 17.4 Å². The SMILES string of the molecule is O=C(O)CN(Cc1nccn1C(F)F)C1CC1. The topological polar surface area (TPSA) is 58.4 Å². The average molecular weight is 245 g/mol. The molecule has 2 rings (SSSR count). The maximum atomic E-state index is 12.6. The van der Waals surface area contributed by atoms with Crippen molar-refractivity contribution in [3.63, 3.8) is 0 Å². The van der Waals surface area contributed by atoms with Crippen molar-refractivity contribution in [2.75, 3.05) is 6.54 Å². The minimum Gasteiger partial charge on any atom is -0.480 e. The van der Waals surface area contributed by atoms with Gasteiger partial charge < -0.3 is 5.11 Å². The van der Waals surface area contributed by atoms with Crippen molar-refractivity contribution < 1.29 is 18.7 Å². The molecule has 1 heterocycles. The molecule has 0 radical (unpaired) electrons. The molecule has 0 spiro atoms. The molecule has 0 saturated heterocycles. The minimum absolute atomic E-state index is 0.138. The molecule has 94 valence electrons. The number of rotatable bonds is 6. The summed E-state index contributed by atoms with van der Waals surface area (Å²) < 4.78 is 25.9. The number of nitrogens with zero attached hydrogens (tertiary/aromatic N) is 3. The second kappa shape index (κ2) is 4.79. The summed E-state index contributed by atoms with van der Waals surface area (Å²) in [6, 6.07) is 0.189. The molecule has 1 N–H and O–H groups in total. The number of hydrogen-bond acceptors (Lipinski definition) is 3. The number of carboxylic acids is 1. The molecular weight excluding hydrogens is 232 g/mol. The second-order valence-corrected chi connectivity index (χ2v) is 4.06. The highest BCUT2D eigenvalue weighted by atomic mass is 19.3. The first kappa shape index (κ1) is 12.0. The summed E-state index contributed by atoms with van der Waals surface area (Å²) in [4.78, 5) is 16.2. The predicted molar refractivity (Wildman–Crippen MR) is 54.5 cm³/mol. The lowest BCUT2D eigenvalue weighted by molar-refractivity contribution is -0.138. The zero-order chi connectivity index (χ0) is 12.4. The molecule has 5 nitrogen and oxygen atoms in total. The van der Waals surface area contributed by atoms with Crippen molar-refractivity contribution in [3.8, 4) is 0 Å². The largest absolute Gasteiger partial charge is 0.480 e. The van der Waals surface area contributed by atoms with Crippen LogP contribution in [0, 0.1) is 0 Å². The Morgan fingerprint density at radius 3 is 2.88 bits per heavy atom. The molecule has 0 bridgehead atoms. The molecule has 0 aliphatic heterocycles. The van der Waals surface area contributed by atoms with Gasteiger partial charge in [-0.2, -0.15) is 8.78 Å². The summed E-state index contributed by atoms with van der Waals surface area (Å²) in [6.07, 6.45) is 4.34. The van der Waals surface area contributed by atoms with E-state index in [4.69, 9.17) is 5.11 Å². The van der Waals surface area contributed by atoms with Crippen molar-refractivity contribution >= 4 is 5.97 Å². The maximum Gasteiger partial charge on any atom is 0.319 e. The van der Waals surface area contributed by atoms with Gasteiger partial charge in [-0.1, -0.05) is 0 Å². The van der Waals surface area contributed by atoms with Crippen LogP contribution in [-0.2, 0) is 11.3 Å². The molecule has 7 heteroatoms. The molecule has 1 aromatic heterocycles. The van der Waals surface area contributed by atoms with Crippen molar-refractivity contribution in [3.05, 3.63) is 18.2 Å². The van der Waals surface area contributed by atoms with Crippen LogP contribution < -0.4 is 0 Å². The van der Waals surface area contributed by atoms with E-state index in [-0.39, 0.29) is 25.0 Å². The number of aliphatic carboxylic acids is 1. The fourth-order valence-corrected chi connectivity index (χ4v) is 1.75. The lowest BCUT2D eigenvalue weighted by Crippen LogP contribution is -2.32. The fraction of sp³-hybridized carbons (Fsp3) is 0.600. The van der Waals surface area contributed by atoms with Gasteiger partial charge in [0.1, 0.15) is 5.82 Å². The van der Waals surface area contributed by atoms with Gasteiger partial charge in [0, 0.05) is 18.4 Å². The van der Waals surface area contributed by atoms with Gasteiger partial charge in [0.25, 0.3) is 0 Å². The molecule has 0 aromatic carbocycles. The molecule has 0 unspecified atom stereocenters. The van der Waals surface area contributed by atoms with Crippen molar-refractivity contribution in [2.45, 2.75) is 32.0 Å². The lowest BCUT2D eigenvalue weighted by atomic mass is 10.4. The molecule has 1 aliphatic carbocycles. The number of halogens is 2. The third-order valence-electron chi connectivity index (χ3n) is 2.71. The molecular formula is C10H13F2N3O2. The summed E-state index contributed by atoms with van der Waals surface area (Å²) in [5.41, 5.74) is 0. The van der Waals surface area contributed by atoms with Crippen LogP contribution in [0.5, 0.6) is 0 Å². The number of imidazole rings is 1. The van der Waals surface area contributed by atoms with Gasteiger partial charge in [-0.05, 0) is 12.8 Å². The van der Waals surface area contributed by atoms with Crippen LogP contribution in [0.15, 0.2) is 12.4 Å². The first-order chi connectivity index (χ1) is 8.08. The summed E-state index contributed by atoms with van der Waals surface area (Å²) >= 11 is 0. The molecule has 1 fully saturated rings. The fourth-order valence-electron chi connectivity index (χ4n) is 1.75. The second-order valence-electron chi connectivity index (χ2n) is 4.06. The van der Waals surface area contributed by atoms with Crippen LogP contribution in [0.2, 0.25) is 0 Å². The van der Waals surface area contributed by atoms with Gasteiger partial charge in [0.2, 0.25) is 0 Å². The smallest absolute Gasteiger partial charge is 0.319 e. The normalized spacial score (nSPS) is 15.8. The summed E-state index contributed by atoms with van der Waals surface area (Å²) in [5, 5.41) is 8.75. The minimum atomic E-state index is -2.64. The maximum absolute atomic E-state index is 12.6. The van der Waals surface area contributed by atoms with Crippen LogP contribution in [0.3, 0.4) is 0 Å². The first-order valence-electron chi connectivity index (χ1n) is 5.33. The van der Waals surface area contributed by atoms with Gasteiger partial charge in [0.15, 0.2) is 0 Å². The third kappa shape index (κ3) is 3.00. The quantitative estimate of drug-likeness (QED) is 0.821. The number of carboxylic acid groups (broad SMARTS) is 1. The Bertz CT molecular complexity index is 404. The summed E-state index contributed by atoms with van der Waals surface area (Å²) in [7, 11) is 0. The van der Waals surface area contributed by atoms with Crippen LogP contribution in [0.4, 0.5) is 8.78 Å². The highest BCUT2D eigenvalue weighted by Crippen LogP contribution is 2.28. The number of carbonyl (C=O) groups is 1. The number of hydrogen-bond donors (Lipinski definition) is 1. The highest BCUT2D eigenvalue weighted by Gasteiger charge is 2.31. The van der Waals surface area contributed by atoms with Gasteiger partial charge in [-0.15, -0.1) is 0 Å². The highest BCUT2D eigenvalue weighted by molar-refractivity contribution is 5.69. The van der Waals surface area contributed by atoms with E-state index in [1.165, 1.54) is 12.4 Å². The molecule has 17 heavy (non-hydrogen) atoms. The molecule has 1 aliphatic rings. The van der Waals surface area contributed by atoms with Crippen molar-refractivity contribution in [1.82, 2.24) is 14.5 Å². The Morgan fingerprint density at radius 1 is 1.65 bits per heavy atom. The zero-order valence-corrected chi connectivity index (χ0v) is 9.09. The molecule has 0 atom stereocenters. The standard InChI is InChI=1S/C10H13F2N3O2/c11-10(12)15-4-3-13-8(15)5-14(6-9(16)17)7-1-2-7/h3-4,7,10H,1-2,5-6H2,(H,16,17). The Labute approximate surface area is 96.7 Å². The van der Waals surface area contributed by atoms with E-state index >= 15 is 0 Å². The van der Waals surface area contributed by atoms with Gasteiger partial charge in [0.05, 0.1) is 13.1 Å². The van der Waals surface area contributed by atoms with Crippen LogP contribution >= 0.6 is 0 Å². The lowest BCUT2D eigenvalue weighted by Gasteiger charge is -2.19. The third-order valence-corrected chi connectivity index (χ3v) is 2.71. The first-order valence-corrected chi connectivity index (χ1v) is 5.33. The average Bonchev–Trinajstić information content (AvgIpc) is 2.97. The van der Waals surface area contributed by atoms with Crippen LogP contribution in [0.25, 0.3) is 0 Å². The van der Waals surface area contributed by atoms with E-state index < -0.39 is 12.5 Å². The van der Waals surface area contributed by atoms with Crippen LogP contribution in [0.1, 0.15) is 25.2 Å². The van der Waals surface area contributed by atoms with E-state index in [1.54, 1.807) is 4.90 Å². The molecule has 1 aromatic rings. The zero-order valence-electron chi connectivity index (χ0n) is 9.09. The van der Waals surface area contributed by atoms with Crippen molar-refractivity contribution in [1.29, 1.82) is 0 Å². The summed E-state index contributed by atoms with van der Waals surface area (Å²) in [6.45, 7) is -2.63. The van der Waals surface area contributed by atoms with Gasteiger partial charge in [-0.25, -0.2) is 4.98 Å². The Balaban J connectivity index is 2.06.